The average Bonchev–Trinajstić information content (AvgIpc) is 2.71. The molecule has 0 radical (unpaired) electrons. The van der Waals surface area contributed by atoms with Crippen molar-refractivity contribution in [3.8, 4) is 0 Å². The summed E-state index contributed by atoms with van der Waals surface area (Å²) in [5.74, 6) is -0.702. The van der Waals surface area contributed by atoms with Gasteiger partial charge in [0.05, 0.1) is 11.9 Å². The fourth-order valence-electron chi connectivity index (χ4n) is 3.78. The van der Waals surface area contributed by atoms with E-state index < -0.39 is 34.1 Å². The molecule has 8 heteroatoms. The molecule has 2 aromatic rings. The summed E-state index contributed by atoms with van der Waals surface area (Å²) in [7, 11) is -3.75. The van der Waals surface area contributed by atoms with E-state index in [2.05, 4.69) is 5.32 Å². The summed E-state index contributed by atoms with van der Waals surface area (Å²) >= 11 is 0. The molecule has 2 rings (SSSR count). The second-order valence-electron chi connectivity index (χ2n) is 9.67. The number of carbonyl (C=O) groups excluding carboxylic acids is 2. The van der Waals surface area contributed by atoms with Crippen molar-refractivity contribution in [1.82, 2.24) is 10.2 Å². The van der Waals surface area contributed by atoms with Crippen LogP contribution in [-0.4, -0.2) is 49.5 Å². The van der Waals surface area contributed by atoms with E-state index in [4.69, 9.17) is 0 Å². The number of nitrogens with zero attached hydrogens (tertiary/aromatic N) is 2. The number of nitrogens with one attached hydrogen (secondary N) is 1. The van der Waals surface area contributed by atoms with Crippen LogP contribution in [0.5, 0.6) is 0 Å². The molecule has 7 nitrogen and oxygen atoms in total. The van der Waals surface area contributed by atoms with Crippen LogP contribution in [0.15, 0.2) is 48.5 Å². The highest BCUT2D eigenvalue weighted by molar-refractivity contribution is 7.92. The van der Waals surface area contributed by atoms with Gasteiger partial charge in [-0.15, -0.1) is 0 Å². The average molecular weight is 488 g/mol. The molecule has 0 aliphatic carbocycles. The Balaban J connectivity index is 2.49. The Labute approximate surface area is 204 Å². The molecule has 2 aromatic carbocycles. The summed E-state index contributed by atoms with van der Waals surface area (Å²) in [6, 6.07) is 14.0. The number of para-hydroxylation sites is 1. The van der Waals surface area contributed by atoms with E-state index in [0.717, 1.165) is 27.3 Å². The first kappa shape index (κ1) is 27.4. The van der Waals surface area contributed by atoms with Crippen LogP contribution in [0.2, 0.25) is 0 Å². The SMILES string of the molecule is CC[C@@H](C(=O)NC(C)(C)C)N(Cc1ccccc1C)C(=O)CN(c1ccccc1C)S(C)(=O)=O. The van der Waals surface area contributed by atoms with Crippen LogP contribution in [-0.2, 0) is 26.2 Å². The molecule has 0 heterocycles. The predicted octanol–water partition coefficient (Wildman–Crippen LogP) is 3.79. The topological polar surface area (TPSA) is 86.8 Å². The summed E-state index contributed by atoms with van der Waals surface area (Å²) in [5, 5.41) is 2.97. The van der Waals surface area contributed by atoms with Gasteiger partial charge in [0.15, 0.2) is 0 Å². The van der Waals surface area contributed by atoms with Crippen molar-refractivity contribution < 1.29 is 18.0 Å². The molecule has 0 saturated carbocycles. The Morgan fingerprint density at radius 1 is 0.971 bits per heavy atom. The molecule has 2 amide bonds. The largest absolute Gasteiger partial charge is 0.350 e. The van der Waals surface area contributed by atoms with Crippen molar-refractivity contribution in [3.05, 3.63) is 65.2 Å². The number of anilines is 1. The number of benzene rings is 2. The van der Waals surface area contributed by atoms with Crippen LogP contribution in [0.1, 0.15) is 50.8 Å². The van der Waals surface area contributed by atoms with E-state index in [1.165, 1.54) is 4.90 Å². The van der Waals surface area contributed by atoms with Gasteiger partial charge < -0.3 is 10.2 Å². The quantitative estimate of drug-likeness (QED) is 0.583. The summed E-state index contributed by atoms with van der Waals surface area (Å²) in [5.41, 5.74) is 2.61. The van der Waals surface area contributed by atoms with Crippen molar-refractivity contribution in [3.63, 3.8) is 0 Å². The van der Waals surface area contributed by atoms with E-state index in [1.807, 2.05) is 65.0 Å². The second kappa shape index (κ2) is 11.0. The fraction of sp³-hybridized carbons (Fsp3) is 0.462. The maximum absolute atomic E-state index is 13.7. The number of sulfonamides is 1. The molecule has 0 aliphatic heterocycles. The first-order valence-electron chi connectivity index (χ1n) is 11.4. The first-order valence-corrected chi connectivity index (χ1v) is 13.3. The highest BCUT2D eigenvalue weighted by Crippen LogP contribution is 2.23. The Morgan fingerprint density at radius 3 is 2.03 bits per heavy atom. The van der Waals surface area contributed by atoms with E-state index in [0.29, 0.717) is 12.1 Å². The Bertz CT molecular complexity index is 1120. The maximum atomic E-state index is 13.7. The monoisotopic (exact) mass is 487 g/mol. The van der Waals surface area contributed by atoms with Gasteiger partial charge in [-0.05, 0) is 63.8 Å². The Hall–Kier alpha value is -2.87. The predicted molar refractivity (Wildman–Crippen MR) is 137 cm³/mol. The fourth-order valence-corrected chi connectivity index (χ4v) is 4.69. The van der Waals surface area contributed by atoms with Gasteiger partial charge in [-0.3, -0.25) is 13.9 Å². The van der Waals surface area contributed by atoms with E-state index in [9.17, 15) is 18.0 Å². The number of hydrogen-bond donors (Lipinski definition) is 1. The lowest BCUT2D eigenvalue weighted by molar-refractivity contribution is -0.141. The molecule has 0 spiro atoms. The van der Waals surface area contributed by atoms with Crippen LogP contribution in [0.4, 0.5) is 5.69 Å². The highest BCUT2D eigenvalue weighted by atomic mass is 32.2. The van der Waals surface area contributed by atoms with E-state index >= 15 is 0 Å². The third kappa shape index (κ3) is 7.32. The number of aryl methyl sites for hydroxylation is 2. The van der Waals surface area contributed by atoms with E-state index in [1.54, 1.807) is 25.1 Å². The summed E-state index contributed by atoms with van der Waals surface area (Å²) in [6.07, 6.45) is 1.48. The minimum atomic E-state index is -3.75. The van der Waals surface area contributed by atoms with Crippen LogP contribution >= 0.6 is 0 Å². The molecule has 34 heavy (non-hydrogen) atoms. The molecule has 0 fully saturated rings. The van der Waals surface area contributed by atoms with Crippen molar-refractivity contribution in [1.29, 1.82) is 0 Å². The van der Waals surface area contributed by atoms with Crippen LogP contribution in [0.25, 0.3) is 0 Å². The minimum Gasteiger partial charge on any atom is -0.350 e. The lowest BCUT2D eigenvalue weighted by atomic mass is 10.0. The molecule has 0 aromatic heterocycles. The molecular weight excluding hydrogens is 450 g/mol. The minimum absolute atomic E-state index is 0.201. The molecule has 186 valence electrons. The number of hydrogen-bond acceptors (Lipinski definition) is 4. The molecule has 0 unspecified atom stereocenters. The van der Waals surface area contributed by atoms with Crippen molar-refractivity contribution >= 4 is 27.5 Å². The van der Waals surface area contributed by atoms with Crippen molar-refractivity contribution in [2.75, 3.05) is 17.1 Å². The molecule has 0 aliphatic rings. The molecule has 1 N–H and O–H groups in total. The highest BCUT2D eigenvalue weighted by Gasteiger charge is 2.33. The van der Waals surface area contributed by atoms with Crippen molar-refractivity contribution in [2.24, 2.45) is 0 Å². The Morgan fingerprint density at radius 2 is 1.53 bits per heavy atom. The number of rotatable bonds is 9. The van der Waals surface area contributed by atoms with Crippen LogP contribution in [0, 0.1) is 13.8 Å². The van der Waals surface area contributed by atoms with Gasteiger partial charge in [0.2, 0.25) is 21.8 Å². The smallest absolute Gasteiger partial charge is 0.244 e. The molecule has 0 bridgehead atoms. The van der Waals surface area contributed by atoms with Crippen LogP contribution < -0.4 is 9.62 Å². The van der Waals surface area contributed by atoms with Gasteiger partial charge in [-0.1, -0.05) is 49.4 Å². The zero-order chi connectivity index (χ0) is 25.7. The van der Waals surface area contributed by atoms with Gasteiger partial charge in [-0.2, -0.15) is 0 Å². The van der Waals surface area contributed by atoms with Gasteiger partial charge in [-0.25, -0.2) is 8.42 Å². The lowest BCUT2D eigenvalue weighted by Gasteiger charge is -2.35. The number of amides is 2. The van der Waals surface area contributed by atoms with Gasteiger partial charge in [0.1, 0.15) is 12.6 Å². The molecular formula is C26H37N3O4S. The third-order valence-corrected chi connectivity index (χ3v) is 6.68. The summed E-state index contributed by atoms with van der Waals surface area (Å²) in [4.78, 5) is 28.4. The van der Waals surface area contributed by atoms with Gasteiger partial charge in [0, 0.05) is 12.1 Å². The Kier molecular flexibility index (Phi) is 8.89. The normalized spacial score (nSPS) is 12.7. The summed E-state index contributed by atoms with van der Waals surface area (Å²) in [6.45, 7) is 11.1. The zero-order valence-corrected chi connectivity index (χ0v) is 22.1. The second-order valence-corrected chi connectivity index (χ2v) is 11.6. The summed E-state index contributed by atoms with van der Waals surface area (Å²) < 4.78 is 26.5. The van der Waals surface area contributed by atoms with Gasteiger partial charge >= 0.3 is 0 Å². The van der Waals surface area contributed by atoms with E-state index in [-0.39, 0.29) is 12.5 Å². The van der Waals surface area contributed by atoms with Crippen LogP contribution in [0.3, 0.4) is 0 Å². The molecule has 0 saturated heterocycles. The zero-order valence-electron chi connectivity index (χ0n) is 21.3. The third-order valence-electron chi connectivity index (χ3n) is 5.55. The number of carbonyl (C=O) groups is 2. The lowest BCUT2D eigenvalue weighted by Crippen LogP contribution is -2.55. The van der Waals surface area contributed by atoms with Crippen molar-refractivity contribution in [2.45, 2.75) is 66.1 Å². The standard InChI is InChI=1S/C26H37N3O4S/c1-8-22(25(31)27-26(4,5)6)28(17-21-15-11-9-13-19(21)2)24(30)18-29(34(7,32)33)23-16-12-10-14-20(23)3/h9-16,22H,8,17-18H2,1-7H3,(H,27,31)/t22-/m0/s1. The molecule has 1 atom stereocenters. The maximum Gasteiger partial charge on any atom is 0.244 e. The first-order chi connectivity index (χ1) is 15.7. The van der Waals surface area contributed by atoms with Gasteiger partial charge in [0.25, 0.3) is 0 Å².